The molecule has 150 valence electrons. The molecule has 3 rings (SSSR count). The van der Waals surface area contributed by atoms with Gasteiger partial charge in [0, 0.05) is 6.54 Å². The number of carbonyl (C=O) groups is 2. The Morgan fingerprint density at radius 1 is 1.41 bits per heavy atom. The third kappa shape index (κ3) is 4.11. The smallest absolute Gasteiger partial charge is 0.422 e. The lowest BCUT2D eigenvalue weighted by atomic mass is 10.0. The molecule has 1 saturated heterocycles. The molecule has 1 aromatic heterocycles. The van der Waals surface area contributed by atoms with Crippen LogP contribution in [0.25, 0.3) is 0 Å². The maximum Gasteiger partial charge on any atom is 0.422 e. The van der Waals surface area contributed by atoms with Crippen LogP contribution in [0.2, 0.25) is 0 Å². The van der Waals surface area contributed by atoms with Crippen LogP contribution < -0.4 is 10.1 Å². The molecule has 0 spiro atoms. The topological polar surface area (TPSA) is 96.5 Å². The molecule has 1 aliphatic carbocycles. The van der Waals surface area contributed by atoms with E-state index in [1.165, 1.54) is 11.1 Å². The molecule has 1 aliphatic heterocycles. The number of halogens is 3. The van der Waals surface area contributed by atoms with E-state index in [2.05, 4.69) is 20.3 Å². The van der Waals surface area contributed by atoms with Gasteiger partial charge in [-0.25, -0.2) is 9.89 Å². The molecule has 2 heterocycles. The van der Waals surface area contributed by atoms with Gasteiger partial charge in [-0.15, -0.1) is 0 Å². The van der Waals surface area contributed by atoms with Crippen LogP contribution in [-0.4, -0.2) is 58.1 Å². The molecule has 0 radical (unpaired) electrons. The van der Waals surface area contributed by atoms with Crippen molar-refractivity contribution < 1.29 is 32.2 Å². The van der Waals surface area contributed by atoms with Crippen molar-refractivity contribution in [3.63, 3.8) is 0 Å². The molecule has 2 fully saturated rings. The van der Waals surface area contributed by atoms with Gasteiger partial charge in [0.1, 0.15) is 11.3 Å². The van der Waals surface area contributed by atoms with Crippen LogP contribution >= 0.6 is 0 Å². The van der Waals surface area contributed by atoms with Gasteiger partial charge in [-0.3, -0.25) is 4.79 Å². The number of nitrogens with one attached hydrogen (secondary N) is 2. The first-order chi connectivity index (χ1) is 12.4. The van der Waals surface area contributed by atoms with Gasteiger partial charge in [0.15, 0.2) is 6.61 Å². The molecule has 8 nitrogen and oxygen atoms in total. The maximum absolute atomic E-state index is 12.7. The Hall–Kier alpha value is -2.46. The van der Waals surface area contributed by atoms with Crippen LogP contribution in [-0.2, 0) is 9.53 Å². The second-order valence-corrected chi connectivity index (χ2v) is 7.77. The minimum Gasteiger partial charge on any atom is -0.467 e. The summed E-state index contributed by atoms with van der Waals surface area (Å²) < 4.78 is 46.9. The van der Waals surface area contributed by atoms with Crippen LogP contribution in [0, 0.1) is 5.41 Å². The van der Waals surface area contributed by atoms with Gasteiger partial charge in [-0.05, 0) is 33.6 Å². The Morgan fingerprint density at radius 2 is 2.11 bits per heavy atom. The zero-order valence-corrected chi connectivity index (χ0v) is 15.1. The highest BCUT2D eigenvalue weighted by molar-refractivity contribution is 6.00. The zero-order chi connectivity index (χ0) is 20.0. The number of aromatic amines is 1. The number of ether oxygens (including phenoxy) is 2. The van der Waals surface area contributed by atoms with Crippen molar-refractivity contribution >= 4 is 17.7 Å². The molecule has 1 saturated carbocycles. The van der Waals surface area contributed by atoms with Gasteiger partial charge in [0.25, 0.3) is 0 Å². The van der Waals surface area contributed by atoms with Crippen molar-refractivity contribution in [3.05, 3.63) is 6.20 Å². The highest BCUT2D eigenvalue weighted by Crippen LogP contribution is 2.58. The van der Waals surface area contributed by atoms with Crippen molar-refractivity contribution in [3.8, 4) is 5.88 Å². The molecular weight excluding hydrogens is 369 g/mol. The summed E-state index contributed by atoms with van der Waals surface area (Å²) in [6.07, 6.45) is -2.87. The average molecular weight is 390 g/mol. The first-order valence-electron chi connectivity index (χ1n) is 8.45. The van der Waals surface area contributed by atoms with Crippen LogP contribution in [0.1, 0.15) is 33.6 Å². The number of hydrogen-bond donors (Lipinski definition) is 2. The summed E-state index contributed by atoms with van der Waals surface area (Å²) >= 11 is 0. The fourth-order valence-corrected chi connectivity index (χ4v) is 3.21. The third-order valence-electron chi connectivity index (χ3n) is 4.52. The standard InChI is InChI=1S/C16H21F3N4O4/c1-14(2,3)27-13(25)23-5-4-15(6-10(15)23)12(24)21-9-7-20-22-11(9)26-8-16(17,18)19/h7,10H,4-6,8H2,1-3H3,(H,20,22)(H,21,24)/t10-,15-/m0/s1. The molecule has 2 amide bonds. The third-order valence-corrected chi connectivity index (χ3v) is 4.52. The normalized spacial score (nSPS) is 24.4. The summed E-state index contributed by atoms with van der Waals surface area (Å²) in [5.74, 6) is -0.645. The summed E-state index contributed by atoms with van der Waals surface area (Å²) in [4.78, 5) is 26.4. The van der Waals surface area contributed by atoms with E-state index in [0.717, 1.165) is 0 Å². The monoisotopic (exact) mass is 390 g/mol. The Bertz CT molecular complexity index is 743. The lowest BCUT2D eigenvalue weighted by molar-refractivity contribution is -0.153. The molecule has 2 N–H and O–H groups in total. The lowest BCUT2D eigenvalue weighted by Crippen LogP contribution is -2.37. The molecule has 27 heavy (non-hydrogen) atoms. The molecular formula is C16H21F3N4O4. The molecule has 0 bridgehead atoms. The fourth-order valence-electron chi connectivity index (χ4n) is 3.21. The Labute approximate surface area is 153 Å². The van der Waals surface area contributed by atoms with Crippen LogP contribution in [0.15, 0.2) is 6.20 Å². The van der Waals surface area contributed by atoms with Crippen LogP contribution in [0.4, 0.5) is 23.7 Å². The van der Waals surface area contributed by atoms with Gasteiger partial charge >= 0.3 is 12.3 Å². The number of H-pyrrole nitrogens is 1. The molecule has 0 unspecified atom stereocenters. The number of aromatic nitrogens is 2. The Balaban J connectivity index is 1.61. The number of nitrogens with zero attached hydrogens (tertiary/aromatic N) is 2. The van der Waals surface area contributed by atoms with Gasteiger partial charge in [-0.2, -0.15) is 18.3 Å². The molecule has 0 aromatic carbocycles. The minimum atomic E-state index is -4.51. The number of rotatable bonds is 4. The SMILES string of the molecule is CC(C)(C)OC(=O)N1CC[C@]2(C(=O)Nc3cn[nH]c3OCC(F)(F)F)C[C@H]12. The molecule has 11 heteroatoms. The van der Waals surface area contributed by atoms with Gasteiger partial charge in [0.05, 0.1) is 17.7 Å². The van der Waals surface area contributed by atoms with E-state index in [4.69, 9.17) is 4.74 Å². The Morgan fingerprint density at radius 3 is 2.70 bits per heavy atom. The van der Waals surface area contributed by atoms with Gasteiger partial charge in [-0.1, -0.05) is 0 Å². The van der Waals surface area contributed by atoms with E-state index in [1.807, 2.05) is 0 Å². The highest BCUT2D eigenvalue weighted by atomic mass is 19.4. The number of fused-ring (bicyclic) bond motifs is 1. The van der Waals surface area contributed by atoms with Crippen molar-refractivity contribution in [1.82, 2.24) is 15.1 Å². The van der Waals surface area contributed by atoms with E-state index >= 15 is 0 Å². The second-order valence-electron chi connectivity index (χ2n) is 7.77. The Kier molecular flexibility index (Phi) is 4.51. The summed E-state index contributed by atoms with van der Waals surface area (Å²) in [6.45, 7) is 4.16. The van der Waals surface area contributed by atoms with E-state index < -0.39 is 29.9 Å². The zero-order valence-electron chi connectivity index (χ0n) is 15.1. The minimum absolute atomic E-state index is 0.0278. The second kappa shape index (κ2) is 6.31. The largest absolute Gasteiger partial charge is 0.467 e. The fraction of sp³-hybridized carbons (Fsp3) is 0.688. The predicted molar refractivity (Wildman–Crippen MR) is 87.2 cm³/mol. The van der Waals surface area contributed by atoms with Crippen molar-refractivity contribution in [1.29, 1.82) is 0 Å². The van der Waals surface area contributed by atoms with Crippen LogP contribution in [0.5, 0.6) is 5.88 Å². The predicted octanol–water partition coefficient (Wildman–Crippen LogP) is 2.69. The number of alkyl halides is 3. The maximum atomic E-state index is 12.7. The van der Waals surface area contributed by atoms with Crippen molar-refractivity contribution in [2.24, 2.45) is 5.41 Å². The quantitative estimate of drug-likeness (QED) is 0.824. The van der Waals surface area contributed by atoms with Crippen molar-refractivity contribution in [2.45, 2.75) is 51.4 Å². The summed E-state index contributed by atoms with van der Waals surface area (Å²) in [5, 5.41) is 8.44. The van der Waals surface area contributed by atoms with E-state index in [0.29, 0.717) is 19.4 Å². The van der Waals surface area contributed by atoms with E-state index in [9.17, 15) is 22.8 Å². The number of piperidine rings is 1. The van der Waals surface area contributed by atoms with Gasteiger partial charge < -0.3 is 19.7 Å². The molecule has 1 aromatic rings. The number of hydrogen-bond acceptors (Lipinski definition) is 5. The van der Waals surface area contributed by atoms with Gasteiger partial charge in [0.2, 0.25) is 11.8 Å². The van der Waals surface area contributed by atoms with Crippen LogP contribution in [0.3, 0.4) is 0 Å². The number of anilines is 1. The summed E-state index contributed by atoms with van der Waals surface area (Å²) in [6, 6.07) is -0.279. The first-order valence-corrected chi connectivity index (χ1v) is 8.45. The number of likely N-dealkylation sites (tertiary alicyclic amines) is 1. The lowest BCUT2D eigenvalue weighted by Gasteiger charge is -2.25. The van der Waals surface area contributed by atoms with E-state index in [1.54, 1.807) is 20.8 Å². The van der Waals surface area contributed by atoms with E-state index in [-0.39, 0.29) is 23.5 Å². The molecule has 2 aliphatic rings. The average Bonchev–Trinajstić information content (AvgIpc) is 2.89. The number of carbonyl (C=O) groups excluding carboxylic acids is 2. The number of amides is 2. The van der Waals surface area contributed by atoms with Crippen molar-refractivity contribution in [2.75, 3.05) is 18.5 Å². The first kappa shape index (κ1) is 19.3. The summed E-state index contributed by atoms with van der Waals surface area (Å²) in [5.41, 5.74) is -1.36. The summed E-state index contributed by atoms with van der Waals surface area (Å²) in [7, 11) is 0. The molecule has 2 atom stereocenters. The highest BCUT2D eigenvalue weighted by Gasteiger charge is 2.67.